The van der Waals surface area contributed by atoms with E-state index < -0.39 is 0 Å². The first kappa shape index (κ1) is 13.1. The summed E-state index contributed by atoms with van der Waals surface area (Å²) in [7, 11) is 1.72. The van der Waals surface area contributed by atoms with Crippen molar-refractivity contribution in [2.45, 2.75) is 11.4 Å². The fourth-order valence-electron chi connectivity index (χ4n) is 1.61. The minimum atomic E-state index is -0.142. The second-order valence-electron chi connectivity index (χ2n) is 3.96. The fraction of sp³-hybridized carbons (Fsp3) is 0.154. The van der Waals surface area contributed by atoms with Crippen LogP contribution in [0.15, 0.2) is 46.1 Å². The lowest BCUT2D eigenvalue weighted by atomic mass is 10.2. The number of hydrogen-bond donors (Lipinski definition) is 1. The molecule has 0 unspecified atom stereocenters. The Morgan fingerprint density at radius 3 is 2.89 bits per heavy atom. The summed E-state index contributed by atoms with van der Waals surface area (Å²) in [5, 5.41) is 0.428. The Morgan fingerprint density at radius 2 is 2.22 bits per heavy atom. The van der Waals surface area contributed by atoms with Crippen LogP contribution < -0.4 is 0 Å². The Kier molecular flexibility index (Phi) is 3.99. The zero-order valence-electron chi connectivity index (χ0n) is 9.76. The van der Waals surface area contributed by atoms with Gasteiger partial charge in [-0.05, 0) is 24.3 Å². The molecule has 0 aliphatic carbocycles. The van der Waals surface area contributed by atoms with E-state index in [4.69, 9.17) is 16.0 Å². The Morgan fingerprint density at radius 1 is 1.44 bits per heavy atom. The molecular weight excluding hydrogens is 270 g/mol. The van der Waals surface area contributed by atoms with Crippen molar-refractivity contribution in [3.05, 3.63) is 52.9 Å². The Balaban J connectivity index is 2.17. The van der Waals surface area contributed by atoms with E-state index in [0.29, 0.717) is 22.0 Å². The van der Waals surface area contributed by atoms with Crippen LogP contribution >= 0.6 is 24.2 Å². The van der Waals surface area contributed by atoms with Gasteiger partial charge in [0.1, 0.15) is 0 Å². The Bertz CT molecular complexity index is 554. The average molecular weight is 282 g/mol. The van der Waals surface area contributed by atoms with Gasteiger partial charge in [0.2, 0.25) is 0 Å². The number of rotatable bonds is 3. The molecule has 0 aliphatic rings. The van der Waals surface area contributed by atoms with Crippen LogP contribution in [0, 0.1) is 0 Å². The van der Waals surface area contributed by atoms with Gasteiger partial charge in [-0.15, -0.1) is 12.6 Å². The number of benzene rings is 1. The van der Waals surface area contributed by atoms with Crippen molar-refractivity contribution < 1.29 is 9.21 Å². The SMILES string of the molecule is CN(Cc1ccoc1)C(=O)c1cc(S)ccc1Cl. The smallest absolute Gasteiger partial charge is 0.255 e. The van der Waals surface area contributed by atoms with E-state index in [1.165, 1.54) is 0 Å². The van der Waals surface area contributed by atoms with E-state index in [0.717, 1.165) is 5.56 Å². The van der Waals surface area contributed by atoms with Crippen molar-refractivity contribution in [1.29, 1.82) is 0 Å². The molecule has 1 amide bonds. The summed E-state index contributed by atoms with van der Waals surface area (Å²) in [6.45, 7) is 0.475. The molecule has 0 saturated carbocycles. The topological polar surface area (TPSA) is 33.5 Å². The van der Waals surface area contributed by atoms with E-state index in [1.54, 1.807) is 42.7 Å². The number of halogens is 1. The first-order chi connectivity index (χ1) is 8.58. The summed E-state index contributed by atoms with van der Waals surface area (Å²) in [4.78, 5) is 14.5. The molecule has 1 heterocycles. The third-order valence-electron chi connectivity index (χ3n) is 2.53. The van der Waals surface area contributed by atoms with E-state index in [9.17, 15) is 4.79 Å². The molecule has 0 atom stereocenters. The predicted molar refractivity (Wildman–Crippen MR) is 73.2 cm³/mol. The van der Waals surface area contributed by atoms with Gasteiger partial charge >= 0.3 is 0 Å². The molecule has 2 aromatic rings. The number of carbonyl (C=O) groups excluding carboxylic acids is 1. The second-order valence-corrected chi connectivity index (χ2v) is 4.88. The monoisotopic (exact) mass is 281 g/mol. The van der Waals surface area contributed by atoms with Gasteiger partial charge < -0.3 is 9.32 Å². The molecule has 1 aromatic heterocycles. The van der Waals surface area contributed by atoms with E-state index in [2.05, 4.69) is 12.6 Å². The normalized spacial score (nSPS) is 10.4. The van der Waals surface area contributed by atoms with Crippen LogP contribution in [0.1, 0.15) is 15.9 Å². The molecule has 0 N–H and O–H groups in total. The highest BCUT2D eigenvalue weighted by Crippen LogP contribution is 2.21. The van der Waals surface area contributed by atoms with Gasteiger partial charge in [-0.2, -0.15) is 0 Å². The Labute approximate surface area is 116 Å². The molecule has 0 fully saturated rings. The highest BCUT2D eigenvalue weighted by Gasteiger charge is 2.15. The van der Waals surface area contributed by atoms with Crippen LogP contribution in [-0.4, -0.2) is 17.9 Å². The third-order valence-corrected chi connectivity index (χ3v) is 3.13. The van der Waals surface area contributed by atoms with E-state index in [1.807, 2.05) is 6.07 Å². The number of amides is 1. The largest absolute Gasteiger partial charge is 0.472 e. The molecule has 1 aromatic carbocycles. The van der Waals surface area contributed by atoms with E-state index in [-0.39, 0.29) is 5.91 Å². The lowest BCUT2D eigenvalue weighted by Crippen LogP contribution is -2.26. The van der Waals surface area contributed by atoms with Crippen molar-refractivity contribution in [3.63, 3.8) is 0 Å². The number of furan rings is 1. The second kappa shape index (κ2) is 5.50. The first-order valence-corrected chi connectivity index (χ1v) is 6.15. The summed E-state index contributed by atoms with van der Waals surface area (Å²) in [6, 6.07) is 6.90. The standard InChI is InChI=1S/C13H12ClNO2S/c1-15(7-9-4-5-17-8-9)13(16)11-6-10(18)2-3-12(11)14/h2-6,8,18H,7H2,1H3. The van der Waals surface area contributed by atoms with Crippen LogP contribution in [0.2, 0.25) is 5.02 Å². The summed E-state index contributed by atoms with van der Waals surface area (Å²) in [5.41, 5.74) is 1.39. The molecule has 5 heteroatoms. The van der Waals surface area contributed by atoms with Gasteiger partial charge in [0, 0.05) is 24.1 Å². The van der Waals surface area contributed by atoms with Gasteiger partial charge in [0.15, 0.2) is 0 Å². The number of thiol groups is 1. The first-order valence-electron chi connectivity index (χ1n) is 5.33. The molecule has 94 valence electrons. The molecule has 0 spiro atoms. The van der Waals surface area contributed by atoms with Crippen LogP contribution in [0.4, 0.5) is 0 Å². The molecule has 0 bridgehead atoms. The molecule has 0 saturated heterocycles. The van der Waals surface area contributed by atoms with Crippen LogP contribution in [0.25, 0.3) is 0 Å². The molecule has 0 radical (unpaired) electrons. The van der Waals surface area contributed by atoms with Crippen LogP contribution in [0.3, 0.4) is 0 Å². The molecule has 2 rings (SSSR count). The highest BCUT2D eigenvalue weighted by atomic mass is 35.5. The number of nitrogens with zero attached hydrogens (tertiary/aromatic N) is 1. The summed E-state index contributed by atoms with van der Waals surface area (Å²) in [5.74, 6) is -0.142. The van der Waals surface area contributed by atoms with Crippen molar-refractivity contribution in [2.24, 2.45) is 0 Å². The maximum absolute atomic E-state index is 12.2. The molecule has 3 nitrogen and oxygen atoms in total. The number of hydrogen-bond acceptors (Lipinski definition) is 3. The number of carbonyl (C=O) groups is 1. The molecular formula is C13H12ClNO2S. The predicted octanol–water partition coefficient (Wildman–Crippen LogP) is 3.49. The van der Waals surface area contributed by atoms with Crippen LogP contribution in [0.5, 0.6) is 0 Å². The minimum absolute atomic E-state index is 0.142. The van der Waals surface area contributed by atoms with Crippen molar-refractivity contribution in [2.75, 3.05) is 7.05 Å². The fourth-order valence-corrected chi connectivity index (χ4v) is 2.01. The lowest BCUT2D eigenvalue weighted by molar-refractivity contribution is 0.0785. The highest BCUT2D eigenvalue weighted by molar-refractivity contribution is 7.80. The quantitative estimate of drug-likeness (QED) is 0.874. The third kappa shape index (κ3) is 2.89. The summed E-state index contributed by atoms with van der Waals surface area (Å²) < 4.78 is 4.97. The molecule has 0 aliphatic heterocycles. The Hall–Kier alpha value is -1.39. The average Bonchev–Trinajstić information content (AvgIpc) is 2.84. The maximum atomic E-state index is 12.2. The van der Waals surface area contributed by atoms with E-state index >= 15 is 0 Å². The zero-order chi connectivity index (χ0) is 13.1. The summed E-state index contributed by atoms with van der Waals surface area (Å²) >= 11 is 10.2. The van der Waals surface area contributed by atoms with Gasteiger partial charge in [-0.25, -0.2) is 0 Å². The van der Waals surface area contributed by atoms with Crippen molar-refractivity contribution in [1.82, 2.24) is 4.90 Å². The zero-order valence-corrected chi connectivity index (χ0v) is 11.4. The van der Waals surface area contributed by atoms with Gasteiger partial charge in [-0.1, -0.05) is 11.6 Å². The van der Waals surface area contributed by atoms with Gasteiger partial charge in [-0.3, -0.25) is 4.79 Å². The van der Waals surface area contributed by atoms with Crippen LogP contribution in [-0.2, 0) is 6.54 Å². The minimum Gasteiger partial charge on any atom is -0.472 e. The van der Waals surface area contributed by atoms with Crippen molar-refractivity contribution in [3.8, 4) is 0 Å². The van der Waals surface area contributed by atoms with Crippen molar-refractivity contribution >= 4 is 30.1 Å². The molecule has 18 heavy (non-hydrogen) atoms. The van der Waals surface area contributed by atoms with Gasteiger partial charge in [0.25, 0.3) is 5.91 Å². The summed E-state index contributed by atoms with van der Waals surface area (Å²) in [6.07, 6.45) is 3.19. The van der Waals surface area contributed by atoms with Gasteiger partial charge in [0.05, 0.1) is 23.1 Å². The lowest BCUT2D eigenvalue weighted by Gasteiger charge is -2.17. The maximum Gasteiger partial charge on any atom is 0.255 e.